The number of hydrogen-bond donors (Lipinski definition) is 0. The number of carbonyl (C=O) groups excluding carboxylic acids is 1. The highest BCUT2D eigenvalue weighted by Gasteiger charge is 2.51. The van der Waals surface area contributed by atoms with Crippen molar-refractivity contribution in [3.05, 3.63) is 60.2 Å². The van der Waals surface area contributed by atoms with Gasteiger partial charge in [-0.15, -0.1) is 0 Å². The molecular formula is C21H25BO5. The van der Waals surface area contributed by atoms with Crippen LogP contribution in [0.25, 0.3) is 0 Å². The molecule has 1 atom stereocenters. The highest BCUT2D eigenvalue weighted by atomic mass is 16.7. The molecule has 0 aliphatic carbocycles. The van der Waals surface area contributed by atoms with Crippen LogP contribution in [0.1, 0.15) is 39.4 Å². The van der Waals surface area contributed by atoms with Crippen LogP contribution in [-0.4, -0.2) is 31.4 Å². The number of ether oxygens (including phenoxy) is 2. The molecule has 0 saturated carbocycles. The van der Waals surface area contributed by atoms with Crippen LogP contribution in [0.5, 0.6) is 5.75 Å². The number of esters is 1. The lowest BCUT2D eigenvalue weighted by Gasteiger charge is -2.32. The first-order valence-corrected chi connectivity index (χ1v) is 8.98. The minimum Gasteiger partial charge on any atom is -0.474 e. The summed E-state index contributed by atoms with van der Waals surface area (Å²) in [5.41, 5.74) is 0.849. The molecule has 0 N–H and O–H groups in total. The Morgan fingerprint density at radius 1 is 0.926 bits per heavy atom. The number of methoxy groups -OCH3 is 1. The molecule has 1 aliphatic rings. The Morgan fingerprint density at radius 2 is 1.48 bits per heavy atom. The summed E-state index contributed by atoms with van der Waals surface area (Å²) in [6, 6.07) is 16.6. The summed E-state index contributed by atoms with van der Waals surface area (Å²) in [6.07, 6.45) is -0.820. The van der Waals surface area contributed by atoms with Gasteiger partial charge in [-0.05, 0) is 45.3 Å². The Kier molecular flexibility index (Phi) is 5.31. The summed E-state index contributed by atoms with van der Waals surface area (Å²) in [7, 11) is 0.915. The first-order chi connectivity index (χ1) is 12.7. The van der Waals surface area contributed by atoms with E-state index in [1.54, 1.807) is 12.1 Å². The monoisotopic (exact) mass is 368 g/mol. The Morgan fingerprint density at radius 3 is 2.00 bits per heavy atom. The van der Waals surface area contributed by atoms with E-state index in [2.05, 4.69) is 0 Å². The van der Waals surface area contributed by atoms with Gasteiger partial charge in [-0.2, -0.15) is 0 Å². The van der Waals surface area contributed by atoms with Crippen LogP contribution in [0.15, 0.2) is 54.6 Å². The molecule has 2 aromatic rings. The van der Waals surface area contributed by atoms with Crippen LogP contribution in [0, 0.1) is 0 Å². The topological polar surface area (TPSA) is 54.0 Å². The van der Waals surface area contributed by atoms with Crippen molar-refractivity contribution >= 4 is 18.6 Å². The maximum atomic E-state index is 12.1. The van der Waals surface area contributed by atoms with E-state index in [-0.39, 0.29) is 0 Å². The highest BCUT2D eigenvalue weighted by Crippen LogP contribution is 2.36. The average molecular weight is 368 g/mol. The molecule has 1 saturated heterocycles. The van der Waals surface area contributed by atoms with Crippen LogP contribution >= 0.6 is 0 Å². The maximum Gasteiger partial charge on any atom is 0.494 e. The molecule has 27 heavy (non-hydrogen) atoms. The minimum absolute atomic E-state index is 0.393. The van der Waals surface area contributed by atoms with E-state index >= 15 is 0 Å². The van der Waals surface area contributed by atoms with Crippen LogP contribution in [0.4, 0.5) is 0 Å². The Balaban J connectivity index is 1.76. The fourth-order valence-electron chi connectivity index (χ4n) is 2.81. The van der Waals surface area contributed by atoms with E-state index in [1.807, 2.05) is 70.2 Å². The van der Waals surface area contributed by atoms with Gasteiger partial charge in [0.15, 0.2) is 0 Å². The molecule has 0 spiro atoms. The van der Waals surface area contributed by atoms with Gasteiger partial charge in [-0.3, -0.25) is 0 Å². The predicted octanol–water partition coefficient (Wildman–Crippen LogP) is 3.28. The van der Waals surface area contributed by atoms with Gasteiger partial charge < -0.3 is 18.8 Å². The summed E-state index contributed by atoms with van der Waals surface area (Å²) in [4.78, 5) is 12.1. The van der Waals surface area contributed by atoms with E-state index < -0.39 is 30.4 Å². The molecular weight excluding hydrogens is 343 g/mol. The molecule has 142 valence electrons. The average Bonchev–Trinajstić information content (AvgIpc) is 2.87. The molecule has 6 heteroatoms. The molecule has 0 bridgehead atoms. The summed E-state index contributed by atoms with van der Waals surface area (Å²) in [6.45, 7) is 8.08. The largest absolute Gasteiger partial charge is 0.494 e. The Labute approximate surface area is 160 Å². The van der Waals surface area contributed by atoms with Crippen LogP contribution in [0.3, 0.4) is 0 Å². The fraction of sp³-hybridized carbons (Fsp3) is 0.381. The second kappa shape index (κ2) is 7.37. The molecule has 5 nitrogen and oxygen atoms in total. The molecule has 0 radical (unpaired) electrons. The van der Waals surface area contributed by atoms with Crippen molar-refractivity contribution in [2.24, 2.45) is 0 Å². The summed E-state index contributed by atoms with van der Waals surface area (Å²) >= 11 is 0. The van der Waals surface area contributed by atoms with Gasteiger partial charge in [0.1, 0.15) is 5.75 Å². The molecule has 1 heterocycles. The van der Waals surface area contributed by atoms with Gasteiger partial charge in [-0.1, -0.05) is 42.5 Å². The van der Waals surface area contributed by atoms with E-state index in [9.17, 15) is 4.79 Å². The zero-order valence-corrected chi connectivity index (χ0v) is 16.4. The van der Waals surface area contributed by atoms with Gasteiger partial charge in [0.2, 0.25) is 6.10 Å². The zero-order valence-electron chi connectivity index (χ0n) is 16.4. The van der Waals surface area contributed by atoms with Crippen molar-refractivity contribution in [2.75, 3.05) is 7.11 Å². The van der Waals surface area contributed by atoms with Crippen LogP contribution in [-0.2, 0) is 18.8 Å². The predicted molar refractivity (Wildman–Crippen MR) is 104 cm³/mol. The number of benzene rings is 2. The highest BCUT2D eigenvalue weighted by molar-refractivity contribution is 6.62. The van der Waals surface area contributed by atoms with Gasteiger partial charge in [-0.25, -0.2) is 4.79 Å². The molecule has 2 aromatic carbocycles. The molecule has 3 rings (SSSR count). The van der Waals surface area contributed by atoms with E-state index in [1.165, 1.54) is 7.11 Å². The lowest BCUT2D eigenvalue weighted by Crippen LogP contribution is -2.41. The summed E-state index contributed by atoms with van der Waals surface area (Å²) < 4.78 is 22.9. The van der Waals surface area contributed by atoms with E-state index in [4.69, 9.17) is 18.8 Å². The van der Waals surface area contributed by atoms with E-state index in [0.717, 1.165) is 11.0 Å². The Hall–Kier alpha value is -2.31. The maximum absolute atomic E-state index is 12.1. The first-order valence-electron chi connectivity index (χ1n) is 8.98. The van der Waals surface area contributed by atoms with Crippen LogP contribution in [0.2, 0.25) is 0 Å². The molecule has 0 amide bonds. The van der Waals surface area contributed by atoms with Crippen LogP contribution < -0.4 is 10.2 Å². The molecule has 1 aliphatic heterocycles. The third kappa shape index (κ3) is 4.02. The van der Waals surface area contributed by atoms with Gasteiger partial charge in [0, 0.05) is 5.56 Å². The fourth-order valence-corrected chi connectivity index (χ4v) is 2.81. The quantitative estimate of drug-likeness (QED) is 0.599. The second-order valence-electron chi connectivity index (χ2n) is 7.59. The van der Waals surface area contributed by atoms with Crippen molar-refractivity contribution in [1.82, 2.24) is 0 Å². The lowest BCUT2D eigenvalue weighted by molar-refractivity contribution is -0.149. The van der Waals surface area contributed by atoms with Crippen molar-refractivity contribution in [3.8, 4) is 5.75 Å². The van der Waals surface area contributed by atoms with E-state index in [0.29, 0.717) is 5.75 Å². The van der Waals surface area contributed by atoms with Gasteiger partial charge >= 0.3 is 13.1 Å². The van der Waals surface area contributed by atoms with Gasteiger partial charge in [0.25, 0.3) is 0 Å². The smallest absolute Gasteiger partial charge is 0.474 e. The van der Waals surface area contributed by atoms with Crippen molar-refractivity contribution in [1.29, 1.82) is 0 Å². The van der Waals surface area contributed by atoms with Gasteiger partial charge in [0.05, 0.1) is 18.3 Å². The first kappa shape index (κ1) is 19.5. The number of carbonyl (C=O) groups is 1. The minimum atomic E-state index is -0.820. The molecule has 1 unspecified atom stereocenters. The van der Waals surface area contributed by atoms with Crippen molar-refractivity contribution < 1.29 is 23.6 Å². The Bertz CT molecular complexity index is 770. The van der Waals surface area contributed by atoms with Crippen molar-refractivity contribution in [3.63, 3.8) is 0 Å². The summed E-state index contributed by atoms with van der Waals surface area (Å²) in [5.74, 6) is 0.116. The normalized spacial score (nSPS) is 18.8. The standard InChI is InChI=1S/C21H25BO5/c1-20(2)21(3,4)27-22(26-20)16-11-13-17(14-12-16)25-18(19(23)24-5)15-9-7-6-8-10-15/h6-14,18H,1-5H3. The zero-order chi connectivity index (χ0) is 19.7. The second-order valence-corrected chi connectivity index (χ2v) is 7.59. The molecule has 1 fully saturated rings. The third-order valence-electron chi connectivity index (χ3n) is 5.18. The number of rotatable bonds is 5. The number of hydrogen-bond acceptors (Lipinski definition) is 5. The SMILES string of the molecule is COC(=O)C(Oc1ccc(B2OC(C)(C)C(C)(C)O2)cc1)c1ccccc1. The van der Waals surface area contributed by atoms with Crippen molar-refractivity contribution in [2.45, 2.75) is 45.0 Å². The third-order valence-corrected chi connectivity index (χ3v) is 5.18. The lowest BCUT2D eigenvalue weighted by atomic mass is 9.79. The summed E-state index contributed by atoms with van der Waals surface area (Å²) in [5, 5.41) is 0. The molecule has 0 aromatic heterocycles.